The molecule has 0 fully saturated rings. The van der Waals surface area contributed by atoms with Gasteiger partial charge in [-0.25, -0.2) is 4.98 Å². The van der Waals surface area contributed by atoms with Gasteiger partial charge in [-0.3, -0.25) is 19.6 Å². The van der Waals surface area contributed by atoms with Crippen LogP contribution in [0.4, 0.5) is 0 Å². The normalized spacial score (nSPS) is 11.0. The molecule has 0 aliphatic carbocycles. The van der Waals surface area contributed by atoms with Gasteiger partial charge in [-0.2, -0.15) is 10.2 Å². The Labute approximate surface area is 145 Å². The van der Waals surface area contributed by atoms with Gasteiger partial charge < -0.3 is 5.32 Å². The lowest BCUT2D eigenvalue weighted by molar-refractivity contribution is 0.0944. The van der Waals surface area contributed by atoms with Crippen LogP contribution >= 0.6 is 0 Å². The molecule has 0 saturated heterocycles. The average molecular weight is 339 g/mol. The lowest BCUT2D eigenvalue weighted by Gasteiger charge is -2.03. The number of carbonyl (C=O) groups is 1. The average Bonchev–Trinajstić information content (AvgIpc) is 3.22. The van der Waals surface area contributed by atoms with Crippen molar-refractivity contribution >= 4 is 5.91 Å². The number of nitrogens with zero attached hydrogens (tertiary/aromatic N) is 5. The largest absolute Gasteiger partial charge is 0.350 e. The molecule has 0 saturated carbocycles. The molecule has 0 unspecified atom stereocenters. The second-order valence-corrected chi connectivity index (χ2v) is 6.09. The molecule has 0 aliphatic rings. The molecular formula is C17H21N7O. The van der Waals surface area contributed by atoms with Crippen molar-refractivity contribution in [1.29, 1.82) is 0 Å². The van der Waals surface area contributed by atoms with Gasteiger partial charge in [0.15, 0.2) is 5.82 Å². The topological polar surface area (TPSA) is 101 Å². The van der Waals surface area contributed by atoms with Crippen molar-refractivity contribution in [2.75, 3.05) is 6.54 Å². The summed E-state index contributed by atoms with van der Waals surface area (Å²) >= 11 is 0. The fourth-order valence-corrected chi connectivity index (χ4v) is 2.40. The van der Waals surface area contributed by atoms with Gasteiger partial charge in [0.25, 0.3) is 5.91 Å². The highest BCUT2D eigenvalue weighted by Gasteiger charge is 2.15. The Balaban J connectivity index is 1.56. The van der Waals surface area contributed by atoms with Crippen molar-refractivity contribution in [3.63, 3.8) is 0 Å². The molecule has 0 atom stereocenters. The van der Waals surface area contributed by atoms with Crippen LogP contribution in [0.1, 0.15) is 41.8 Å². The molecule has 130 valence electrons. The fourth-order valence-electron chi connectivity index (χ4n) is 2.40. The Bertz CT molecular complexity index is 851. The molecule has 0 radical (unpaired) electrons. The number of H-pyrrole nitrogens is 1. The number of carbonyl (C=O) groups excluding carboxylic acids is 1. The maximum atomic E-state index is 12.3. The van der Waals surface area contributed by atoms with Crippen LogP contribution in [0.3, 0.4) is 0 Å². The number of hydrogen-bond acceptors (Lipinski definition) is 5. The van der Waals surface area contributed by atoms with E-state index < -0.39 is 0 Å². The van der Waals surface area contributed by atoms with Crippen LogP contribution in [0.25, 0.3) is 11.4 Å². The molecular weight excluding hydrogens is 318 g/mol. The maximum Gasteiger partial charge on any atom is 0.269 e. The third-order valence-electron chi connectivity index (χ3n) is 3.82. The monoisotopic (exact) mass is 339 g/mol. The van der Waals surface area contributed by atoms with E-state index in [0.717, 1.165) is 11.3 Å². The molecule has 25 heavy (non-hydrogen) atoms. The highest BCUT2D eigenvalue weighted by atomic mass is 16.2. The van der Waals surface area contributed by atoms with Crippen molar-refractivity contribution < 1.29 is 4.79 Å². The van der Waals surface area contributed by atoms with E-state index >= 15 is 0 Å². The molecule has 0 aliphatic heterocycles. The first-order valence-electron chi connectivity index (χ1n) is 8.18. The van der Waals surface area contributed by atoms with Gasteiger partial charge in [-0.15, -0.1) is 0 Å². The molecule has 3 aromatic heterocycles. The Morgan fingerprint density at radius 3 is 2.92 bits per heavy atom. The van der Waals surface area contributed by atoms with Gasteiger partial charge in [0.2, 0.25) is 0 Å². The summed E-state index contributed by atoms with van der Waals surface area (Å²) in [5, 5.41) is 14.3. The lowest BCUT2D eigenvalue weighted by atomic mass is 10.1. The van der Waals surface area contributed by atoms with Crippen molar-refractivity contribution in [2.24, 2.45) is 7.05 Å². The van der Waals surface area contributed by atoms with Gasteiger partial charge >= 0.3 is 0 Å². The standard InChI is InChI=1S/C17H21N7O/c1-11(2)13-9-14(24(3)23-13)17(25)19-8-6-15-20-16(22-21-15)12-5-4-7-18-10-12/h4-5,7,9-11H,6,8H2,1-3H3,(H,19,25)(H,20,21,22). The maximum absolute atomic E-state index is 12.3. The first-order valence-corrected chi connectivity index (χ1v) is 8.18. The molecule has 3 rings (SSSR count). The van der Waals surface area contributed by atoms with E-state index in [1.54, 1.807) is 24.1 Å². The Morgan fingerprint density at radius 1 is 1.40 bits per heavy atom. The van der Waals surface area contributed by atoms with Crippen LogP contribution in [0.5, 0.6) is 0 Å². The predicted octanol–water partition coefficient (Wildman–Crippen LogP) is 1.70. The van der Waals surface area contributed by atoms with Crippen LogP contribution in [-0.2, 0) is 13.5 Å². The highest BCUT2D eigenvalue weighted by molar-refractivity contribution is 5.92. The van der Waals surface area contributed by atoms with Crippen LogP contribution in [-0.4, -0.2) is 42.4 Å². The van der Waals surface area contributed by atoms with E-state index in [-0.39, 0.29) is 11.8 Å². The van der Waals surface area contributed by atoms with Crippen LogP contribution < -0.4 is 5.32 Å². The van der Waals surface area contributed by atoms with Gasteiger partial charge in [0, 0.05) is 38.0 Å². The van der Waals surface area contributed by atoms with Gasteiger partial charge in [-0.05, 0) is 24.1 Å². The number of aromatic amines is 1. The zero-order chi connectivity index (χ0) is 17.8. The van der Waals surface area contributed by atoms with E-state index in [9.17, 15) is 4.79 Å². The number of amides is 1. The third kappa shape index (κ3) is 3.90. The minimum atomic E-state index is -0.145. The molecule has 3 aromatic rings. The highest BCUT2D eigenvalue weighted by Crippen LogP contribution is 2.14. The van der Waals surface area contributed by atoms with E-state index in [1.165, 1.54) is 0 Å². The van der Waals surface area contributed by atoms with Gasteiger partial charge in [-0.1, -0.05) is 13.8 Å². The SMILES string of the molecule is CC(C)c1cc(C(=O)NCCc2nc(-c3cccnc3)n[nH]2)n(C)n1. The van der Waals surface area contributed by atoms with Crippen molar-refractivity contribution in [3.05, 3.63) is 47.8 Å². The van der Waals surface area contributed by atoms with Crippen molar-refractivity contribution in [3.8, 4) is 11.4 Å². The first-order chi connectivity index (χ1) is 12.0. The predicted molar refractivity (Wildman–Crippen MR) is 92.9 cm³/mol. The lowest BCUT2D eigenvalue weighted by Crippen LogP contribution is -2.27. The minimum absolute atomic E-state index is 0.145. The molecule has 8 nitrogen and oxygen atoms in total. The number of hydrogen-bond donors (Lipinski definition) is 2. The van der Waals surface area contributed by atoms with Gasteiger partial charge in [0.05, 0.1) is 5.69 Å². The van der Waals surface area contributed by atoms with Crippen molar-refractivity contribution in [1.82, 2.24) is 35.3 Å². The summed E-state index contributed by atoms with van der Waals surface area (Å²) in [5.74, 6) is 1.46. The molecule has 3 heterocycles. The fraction of sp³-hybridized carbons (Fsp3) is 0.353. The summed E-state index contributed by atoms with van der Waals surface area (Å²) < 4.78 is 1.61. The number of aryl methyl sites for hydroxylation is 1. The number of nitrogens with one attached hydrogen (secondary N) is 2. The number of pyridine rings is 1. The molecule has 0 aromatic carbocycles. The Hall–Kier alpha value is -3.03. The molecule has 8 heteroatoms. The summed E-state index contributed by atoms with van der Waals surface area (Å²) in [6, 6.07) is 5.57. The summed E-state index contributed by atoms with van der Waals surface area (Å²) in [4.78, 5) is 20.8. The number of rotatable bonds is 6. The van der Waals surface area contributed by atoms with E-state index in [4.69, 9.17) is 0 Å². The van der Waals surface area contributed by atoms with E-state index in [0.29, 0.717) is 30.3 Å². The minimum Gasteiger partial charge on any atom is -0.350 e. The quantitative estimate of drug-likeness (QED) is 0.712. The summed E-state index contributed by atoms with van der Waals surface area (Å²) in [5.41, 5.74) is 2.31. The van der Waals surface area contributed by atoms with Crippen LogP contribution in [0.2, 0.25) is 0 Å². The van der Waals surface area contributed by atoms with Crippen LogP contribution in [0.15, 0.2) is 30.6 Å². The smallest absolute Gasteiger partial charge is 0.269 e. The molecule has 2 N–H and O–H groups in total. The molecule has 0 spiro atoms. The zero-order valence-electron chi connectivity index (χ0n) is 14.5. The Morgan fingerprint density at radius 2 is 2.24 bits per heavy atom. The molecule has 1 amide bonds. The summed E-state index contributed by atoms with van der Waals surface area (Å²) in [7, 11) is 1.78. The molecule has 0 bridgehead atoms. The van der Waals surface area contributed by atoms with E-state index in [2.05, 4.69) is 30.6 Å². The zero-order valence-corrected chi connectivity index (χ0v) is 14.5. The number of aromatic nitrogens is 6. The van der Waals surface area contributed by atoms with Crippen LogP contribution in [0, 0.1) is 0 Å². The second kappa shape index (κ2) is 7.25. The third-order valence-corrected chi connectivity index (χ3v) is 3.82. The summed E-state index contributed by atoms with van der Waals surface area (Å²) in [6.45, 7) is 4.56. The van der Waals surface area contributed by atoms with Gasteiger partial charge in [0.1, 0.15) is 11.5 Å². The Kier molecular flexibility index (Phi) is 4.87. The van der Waals surface area contributed by atoms with E-state index in [1.807, 2.05) is 32.0 Å². The first kappa shape index (κ1) is 16.8. The second-order valence-electron chi connectivity index (χ2n) is 6.09. The van der Waals surface area contributed by atoms with Crippen molar-refractivity contribution in [2.45, 2.75) is 26.2 Å². The summed E-state index contributed by atoms with van der Waals surface area (Å²) in [6.07, 6.45) is 3.98.